The fourth-order valence-electron chi connectivity index (χ4n) is 1.81. The van der Waals surface area contributed by atoms with E-state index >= 15 is 0 Å². The van der Waals surface area contributed by atoms with Gasteiger partial charge < -0.3 is 9.84 Å². The highest BCUT2D eigenvalue weighted by Crippen LogP contribution is 2.11. The average molecular weight is 294 g/mol. The molecule has 1 amide bonds. The number of halogens is 1. The molecule has 2 rings (SSSR count). The number of rotatable bonds is 5. The number of carbonyl (C=O) groups is 1. The first-order valence-corrected chi connectivity index (χ1v) is 6.57. The number of likely N-dealkylation sites (N-methyl/N-ethyl adjacent to an activating group) is 1. The van der Waals surface area contributed by atoms with Crippen molar-refractivity contribution < 1.29 is 9.32 Å². The van der Waals surface area contributed by atoms with E-state index in [0.717, 1.165) is 5.56 Å². The Labute approximate surface area is 122 Å². The van der Waals surface area contributed by atoms with Crippen LogP contribution in [0.5, 0.6) is 0 Å². The predicted molar refractivity (Wildman–Crippen MR) is 77.7 cm³/mol. The summed E-state index contributed by atoms with van der Waals surface area (Å²) in [5, 5.41) is 7.10. The van der Waals surface area contributed by atoms with Crippen LogP contribution >= 0.6 is 11.6 Å². The number of hydrogen-bond acceptors (Lipinski definition) is 4. The molecule has 0 aliphatic carbocycles. The van der Waals surface area contributed by atoms with E-state index in [-0.39, 0.29) is 12.5 Å². The fraction of sp³-hybridized carbons (Fsp3) is 0.286. The molecule has 0 spiro atoms. The number of nitrogens with zero attached hydrogens (tertiary/aromatic N) is 2. The van der Waals surface area contributed by atoms with Crippen LogP contribution in [0.3, 0.4) is 0 Å². The van der Waals surface area contributed by atoms with E-state index in [4.69, 9.17) is 16.1 Å². The highest BCUT2D eigenvalue weighted by atomic mass is 35.5. The zero-order valence-corrected chi connectivity index (χ0v) is 12.1. The summed E-state index contributed by atoms with van der Waals surface area (Å²) in [4.78, 5) is 13.7. The van der Waals surface area contributed by atoms with Gasteiger partial charge in [-0.05, 0) is 31.7 Å². The van der Waals surface area contributed by atoms with Crippen LogP contribution in [0.1, 0.15) is 11.3 Å². The molecule has 6 heteroatoms. The van der Waals surface area contributed by atoms with E-state index in [2.05, 4.69) is 10.5 Å². The zero-order valence-electron chi connectivity index (χ0n) is 11.4. The molecule has 0 radical (unpaired) electrons. The lowest BCUT2D eigenvalue weighted by Crippen LogP contribution is -2.29. The standard InChI is InChI=1S/C14H16ClN3O2/c1-10-7-13(17-20-10)16-14(19)9-18(2)8-11-3-5-12(15)6-4-11/h3-7H,8-9H2,1-2H3,(H,16,17,19). The van der Waals surface area contributed by atoms with Gasteiger partial charge in [-0.15, -0.1) is 0 Å². The van der Waals surface area contributed by atoms with Crippen LogP contribution in [0.2, 0.25) is 5.02 Å². The van der Waals surface area contributed by atoms with E-state index < -0.39 is 0 Å². The summed E-state index contributed by atoms with van der Waals surface area (Å²) in [7, 11) is 1.88. The lowest BCUT2D eigenvalue weighted by atomic mass is 10.2. The highest BCUT2D eigenvalue weighted by molar-refractivity contribution is 6.30. The molecule has 0 fully saturated rings. The molecule has 0 aliphatic heterocycles. The Kier molecular flexibility index (Phi) is 4.76. The van der Waals surface area contributed by atoms with Crippen molar-refractivity contribution in [3.8, 4) is 0 Å². The van der Waals surface area contributed by atoms with Crippen molar-refractivity contribution in [2.24, 2.45) is 0 Å². The SMILES string of the molecule is Cc1cc(NC(=O)CN(C)Cc2ccc(Cl)cc2)no1. The number of aromatic nitrogens is 1. The molecule has 1 heterocycles. The summed E-state index contributed by atoms with van der Waals surface area (Å²) in [6, 6.07) is 9.23. The largest absolute Gasteiger partial charge is 0.360 e. The lowest BCUT2D eigenvalue weighted by molar-refractivity contribution is -0.117. The second kappa shape index (κ2) is 6.54. The third kappa shape index (κ3) is 4.36. The predicted octanol–water partition coefficient (Wildman–Crippen LogP) is 2.71. The summed E-state index contributed by atoms with van der Waals surface area (Å²) in [5.74, 6) is 0.969. The summed E-state index contributed by atoms with van der Waals surface area (Å²) in [6.07, 6.45) is 0. The number of benzene rings is 1. The minimum absolute atomic E-state index is 0.130. The molecule has 0 aliphatic rings. The first-order chi connectivity index (χ1) is 9.52. The maximum atomic E-state index is 11.8. The van der Waals surface area contributed by atoms with Crippen molar-refractivity contribution in [2.75, 3.05) is 18.9 Å². The Morgan fingerprint density at radius 1 is 1.40 bits per heavy atom. The van der Waals surface area contributed by atoms with E-state index in [1.165, 1.54) is 0 Å². The Morgan fingerprint density at radius 3 is 2.70 bits per heavy atom. The number of amides is 1. The smallest absolute Gasteiger partial charge is 0.239 e. The monoisotopic (exact) mass is 293 g/mol. The van der Waals surface area contributed by atoms with Crippen LogP contribution in [-0.2, 0) is 11.3 Å². The maximum Gasteiger partial charge on any atom is 0.239 e. The van der Waals surface area contributed by atoms with E-state index in [1.54, 1.807) is 13.0 Å². The summed E-state index contributed by atoms with van der Waals surface area (Å²) < 4.78 is 4.89. The normalized spacial score (nSPS) is 10.8. The Hall–Kier alpha value is -1.85. The van der Waals surface area contributed by atoms with Crippen molar-refractivity contribution in [2.45, 2.75) is 13.5 Å². The van der Waals surface area contributed by atoms with Crippen LogP contribution in [0, 0.1) is 6.92 Å². The summed E-state index contributed by atoms with van der Waals surface area (Å²) in [5.41, 5.74) is 1.10. The highest BCUT2D eigenvalue weighted by Gasteiger charge is 2.09. The maximum absolute atomic E-state index is 11.8. The van der Waals surface area contributed by atoms with Gasteiger partial charge in [0.05, 0.1) is 6.54 Å². The molecule has 0 saturated heterocycles. The molecule has 0 bridgehead atoms. The molecule has 0 saturated carbocycles. The molecular formula is C14H16ClN3O2. The van der Waals surface area contributed by atoms with E-state index in [0.29, 0.717) is 23.1 Å². The van der Waals surface area contributed by atoms with Crippen molar-refractivity contribution >= 4 is 23.3 Å². The molecule has 5 nitrogen and oxygen atoms in total. The van der Waals surface area contributed by atoms with Gasteiger partial charge in [0, 0.05) is 17.6 Å². The number of anilines is 1. The molecule has 106 valence electrons. The van der Waals surface area contributed by atoms with Gasteiger partial charge in [0.1, 0.15) is 5.76 Å². The molecule has 1 aromatic carbocycles. The fourth-order valence-corrected chi connectivity index (χ4v) is 1.94. The first kappa shape index (κ1) is 14.6. The molecule has 1 N–H and O–H groups in total. The van der Waals surface area contributed by atoms with Crippen molar-refractivity contribution in [3.63, 3.8) is 0 Å². The molecule has 20 heavy (non-hydrogen) atoms. The van der Waals surface area contributed by atoms with Crippen molar-refractivity contribution in [3.05, 3.63) is 46.7 Å². The summed E-state index contributed by atoms with van der Waals surface area (Å²) >= 11 is 5.83. The van der Waals surface area contributed by atoms with Gasteiger partial charge in [0.2, 0.25) is 5.91 Å². The zero-order chi connectivity index (χ0) is 14.5. The van der Waals surface area contributed by atoms with E-state index in [9.17, 15) is 4.79 Å². The molecule has 0 unspecified atom stereocenters. The van der Waals surface area contributed by atoms with Gasteiger partial charge in [0.15, 0.2) is 5.82 Å². The van der Waals surface area contributed by atoms with Gasteiger partial charge in [-0.3, -0.25) is 9.69 Å². The third-order valence-corrected chi connectivity index (χ3v) is 2.93. The van der Waals surface area contributed by atoms with Crippen LogP contribution in [-0.4, -0.2) is 29.6 Å². The molecule has 0 atom stereocenters. The van der Waals surface area contributed by atoms with Crippen LogP contribution in [0.4, 0.5) is 5.82 Å². The Bertz CT molecular complexity index is 580. The topological polar surface area (TPSA) is 58.4 Å². The second-order valence-electron chi connectivity index (χ2n) is 4.67. The molecule has 2 aromatic rings. The lowest BCUT2D eigenvalue weighted by Gasteiger charge is -2.15. The third-order valence-electron chi connectivity index (χ3n) is 2.67. The van der Waals surface area contributed by atoms with Crippen LogP contribution in [0.15, 0.2) is 34.9 Å². The number of carbonyl (C=O) groups excluding carboxylic acids is 1. The van der Waals surface area contributed by atoms with Crippen molar-refractivity contribution in [1.82, 2.24) is 10.1 Å². The molecule has 1 aromatic heterocycles. The summed E-state index contributed by atoms with van der Waals surface area (Å²) in [6.45, 7) is 2.71. The number of hydrogen-bond donors (Lipinski definition) is 1. The Balaban J connectivity index is 1.83. The minimum Gasteiger partial charge on any atom is -0.360 e. The van der Waals surface area contributed by atoms with E-state index in [1.807, 2.05) is 36.2 Å². The average Bonchev–Trinajstić information content (AvgIpc) is 2.77. The van der Waals surface area contributed by atoms with Crippen molar-refractivity contribution in [1.29, 1.82) is 0 Å². The number of aryl methyl sites for hydroxylation is 1. The molecular weight excluding hydrogens is 278 g/mol. The first-order valence-electron chi connectivity index (χ1n) is 6.19. The Morgan fingerprint density at radius 2 is 2.10 bits per heavy atom. The number of nitrogens with one attached hydrogen (secondary N) is 1. The quantitative estimate of drug-likeness (QED) is 0.921. The van der Waals surface area contributed by atoms with Gasteiger partial charge in [0.25, 0.3) is 0 Å². The minimum atomic E-state index is -0.130. The van der Waals surface area contributed by atoms with Crippen LogP contribution in [0.25, 0.3) is 0 Å². The second-order valence-corrected chi connectivity index (χ2v) is 5.11. The van der Waals surface area contributed by atoms with Gasteiger partial charge in [-0.2, -0.15) is 0 Å². The van der Waals surface area contributed by atoms with Gasteiger partial charge in [-0.25, -0.2) is 0 Å². The van der Waals surface area contributed by atoms with Crippen LogP contribution < -0.4 is 5.32 Å². The van der Waals surface area contributed by atoms with Gasteiger partial charge in [-0.1, -0.05) is 28.9 Å². The van der Waals surface area contributed by atoms with Gasteiger partial charge >= 0.3 is 0 Å².